The number of nitrogens with zero attached hydrogens (tertiary/aromatic N) is 2. The van der Waals surface area contributed by atoms with Gasteiger partial charge in [0.05, 0.1) is 0 Å². The Balaban J connectivity index is 1.09. The molecule has 0 aliphatic carbocycles. The predicted molar refractivity (Wildman–Crippen MR) is 236 cm³/mol. The fourth-order valence-electron chi connectivity index (χ4n) is 8.70. The van der Waals surface area contributed by atoms with Crippen LogP contribution in [0, 0.1) is 0 Å². The molecule has 0 bridgehead atoms. The van der Waals surface area contributed by atoms with Crippen molar-refractivity contribution in [2.45, 2.75) is 6.17 Å². The van der Waals surface area contributed by atoms with E-state index in [4.69, 9.17) is 14.4 Å². The monoisotopic (exact) mass is 733 g/mol. The molecule has 1 atom stereocenters. The van der Waals surface area contributed by atoms with Crippen LogP contribution in [-0.4, -0.2) is 11.7 Å². The van der Waals surface area contributed by atoms with Gasteiger partial charge < -0.3 is 9.73 Å². The number of rotatable bonds is 4. The quantitative estimate of drug-likeness (QED) is 0.183. The minimum atomic E-state index is -0.520. The molecule has 0 saturated heterocycles. The van der Waals surface area contributed by atoms with Crippen molar-refractivity contribution >= 4 is 97.4 Å². The number of amidine groups is 2. The molecule has 9 aromatic carbocycles. The van der Waals surface area contributed by atoms with Crippen LogP contribution in [0.25, 0.3) is 85.6 Å². The van der Waals surface area contributed by atoms with Gasteiger partial charge >= 0.3 is 0 Å². The average molecular weight is 734 g/mol. The van der Waals surface area contributed by atoms with Crippen LogP contribution >= 0.6 is 11.3 Å². The molecule has 3 heterocycles. The Labute approximate surface area is 325 Å². The van der Waals surface area contributed by atoms with E-state index in [1.165, 1.54) is 58.1 Å². The van der Waals surface area contributed by atoms with Crippen molar-refractivity contribution in [1.29, 1.82) is 0 Å². The maximum absolute atomic E-state index is 6.68. The van der Waals surface area contributed by atoms with Crippen LogP contribution in [0.5, 0.6) is 0 Å². The molecule has 1 N–H and O–H groups in total. The number of hydrogen-bond donors (Lipinski definition) is 1. The third-order valence-corrected chi connectivity index (χ3v) is 12.6. The summed E-state index contributed by atoms with van der Waals surface area (Å²) < 4.78 is 9.27. The molecule has 0 radical (unpaired) electrons. The summed E-state index contributed by atoms with van der Waals surface area (Å²) in [5.74, 6) is 1.57. The van der Waals surface area contributed by atoms with E-state index in [0.717, 1.165) is 55.9 Å². The molecule has 1 unspecified atom stereocenters. The molecular formula is C51H31N3OS. The minimum absolute atomic E-state index is 0.520. The largest absolute Gasteiger partial charge is 0.456 e. The summed E-state index contributed by atoms with van der Waals surface area (Å²) in [6, 6.07) is 62.5. The van der Waals surface area contributed by atoms with Crippen molar-refractivity contribution in [1.82, 2.24) is 5.32 Å². The molecule has 5 heteroatoms. The number of furan rings is 1. The number of thiophene rings is 1. The smallest absolute Gasteiger partial charge is 0.170 e. The Hall–Kier alpha value is -7.08. The molecular weight excluding hydrogens is 703 g/mol. The Morgan fingerprint density at radius 1 is 0.429 bits per heavy atom. The van der Waals surface area contributed by atoms with Crippen molar-refractivity contribution in [2.75, 3.05) is 0 Å². The molecule has 56 heavy (non-hydrogen) atoms. The van der Waals surface area contributed by atoms with E-state index < -0.39 is 6.17 Å². The average Bonchev–Trinajstić information content (AvgIpc) is 3.86. The van der Waals surface area contributed by atoms with E-state index in [1.54, 1.807) is 0 Å². The molecule has 4 nitrogen and oxygen atoms in total. The summed E-state index contributed by atoms with van der Waals surface area (Å²) in [5.41, 5.74) is 7.02. The van der Waals surface area contributed by atoms with Crippen LogP contribution < -0.4 is 5.32 Å². The Bertz CT molecular complexity index is 3460. The summed E-state index contributed by atoms with van der Waals surface area (Å²) in [6.07, 6.45) is -0.520. The first-order chi connectivity index (χ1) is 27.7. The number of fused-ring (bicyclic) bond motifs is 11. The summed E-state index contributed by atoms with van der Waals surface area (Å²) in [5, 5.41) is 15.7. The van der Waals surface area contributed by atoms with Crippen LogP contribution in [0.1, 0.15) is 22.9 Å². The van der Waals surface area contributed by atoms with Gasteiger partial charge in [-0.05, 0) is 56.1 Å². The third-order valence-electron chi connectivity index (χ3n) is 11.3. The van der Waals surface area contributed by atoms with Crippen LogP contribution in [0.15, 0.2) is 190 Å². The topological polar surface area (TPSA) is 49.9 Å². The van der Waals surface area contributed by atoms with Crippen molar-refractivity contribution < 1.29 is 4.42 Å². The summed E-state index contributed by atoms with van der Waals surface area (Å²) in [4.78, 5) is 10.7. The Kier molecular flexibility index (Phi) is 6.83. The number of aliphatic imine (C=N–C) groups is 2. The van der Waals surface area contributed by atoms with Gasteiger partial charge in [-0.1, -0.05) is 158 Å². The van der Waals surface area contributed by atoms with Gasteiger partial charge in [0, 0.05) is 53.2 Å². The van der Waals surface area contributed by atoms with Gasteiger partial charge in [-0.3, -0.25) is 0 Å². The minimum Gasteiger partial charge on any atom is -0.456 e. The molecule has 2 aromatic heterocycles. The molecule has 262 valence electrons. The van der Waals surface area contributed by atoms with Gasteiger partial charge in [-0.2, -0.15) is 0 Å². The Morgan fingerprint density at radius 2 is 1.04 bits per heavy atom. The summed E-state index contributed by atoms with van der Waals surface area (Å²) >= 11 is 1.88. The summed E-state index contributed by atoms with van der Waals surface area (Å²) in [7, 11) is 0. The van der Waals surface area contributed by atoms with E-state index in [9.17, 15) is 0 Å². The first kappa shape index (κ1) is 31.3. The summed E-state index contributed by atoms with van der Waals surface area (Å²) in [6.45, 7) is 0. The lowest BCUT2D eigenvalue weighted by Crippen LogP contribution is -2.36. The predicted octanol–water partition coefficient (Wildman–Crippen LogP) is 13.6. The van der Waals surface area contributed by atoms with E-state index in [0.29, 0.717) is 0 Å². The second-order valence-corrected chi connectivity index (χ2v) is 15.5. The van der Waals surface area contributed by atoms with Gasteiger partial charge in [0.15, 0.2) is 6.17 Å². The highest BCUT2D eigenvalue weighted by molar-refractivity contribution is 7.27. The Morgan fingerprint density at radius 3 is 1.89 bits per heavy atom. The van der Waals surface area contributed by atoms with Gasteiger partial charge in [-0.15, -0.1) is 11.3 Å². The highest BCUT2D eigenvalue weighted by Crippen LogP contribution is 2.47. The van der Waals surface area contributed by atoms with Crippen molar-refractivity contribution in [3.8, 4) is 11.1 Å². The molecule has 11 aromatic rings. The zero-order valence-corrected chi connectivity index (χ0v) is 30.8. The zero-order valence-electron chi connectivity index (χ0n) is 30.0. The van der Waals surface area contributed by atoms with Gasteiger partial charge in [-0.25, -0.2) is 9.98 Å². The molecule has 1 aliphatic heterocycles. The fraction of sp³-hybridized carbons (Fsp3) is 0.0196. The third kappa shape index (κ3) is 4.78. The van der Waals surface area contributed by atoms with E-state index >= 15 is 0 Å². The lowest BCUT2D eigenvalue weighted by Gasteiger charge is -2.23. The maximum Gasteiger partial charge on any atom is 0.170 e. The van der Waals surface area contributed by atoms with Crippen LogP contribution in [0.3, 0.4) is 0 Å². The van der Waals surface area contributed by atoms with E-state index in [1.807, 2.05) is 17.4 Å². The first-order valence-electron chi connectivity index (χ1n) is 18.9. The lowest BCUT2D eigenvalue weighted by atomic mass is 9.95. The van der Waals surface area contributed by atoms with Crippen molar-refractivity contribution in [3.05, 3.63) is 193 Å². The first-order valence-corrected chi connectivity index (χ1v) is 19.7. The lowest BCUT2D eigenvalue weighted by molar-refractivity contribution is 0.667. The normalized spacial score (nSPS) is 14.6. The standard InChI is InChI=1S/C51H31N3OS/c1-2-13-33(14-3-1)49-52-50(34-26-25-32-24-23-30-11-4-6-15-35(30)42(32)29-34)54-51(53-49)41-20-10-22-44-46(41)45-37(17-9-21-43(45)55-44)38-18-8-19-39-40-28-27-31-12-5-7-16-36(31)47(40)56-48(38)39/h1-29,51H,(H,52,53,54). The molecule has 0 fully saturated rings. The molecule has 12 rings (SSSR count). The van der Waals surface area contributed by atoms with Gasteiger partial charge in [0.25, 0.3) is 0 Å². The van der Waals surface area contributed by atoms with Crippen LogP contribution in [-0.2, 0) is 0 Å². The van der Waals surface area contributed by atoms with Gasteiger partial charge in [0.2, 0.25) is 0 Å². The van der Waals surface area contributed by atoms with Gasteiger partial charge in [0.1, 0.15) is 22.8 Å². The molecule has 1 aliphatic rings. The second-order valence-electron chi connectivity index (χ2n) is 14.5. The number of hydrogen-bond acceptors (Lipinski definition) is 5. The number of nitrogens with one attached hydrogen (secondary N) is 1. The SMILES string of the molecule is c1ccc(C2=NC(c3cccc4oc5cccc(-c6cccc7c6sc6c8ccccc8ccc76)c5c34)N=C(c3ccc4ccc5ccccc5c4c3)N2)cc1. The van der Waals surface area contributed by atoms with E-state index in [2.05, 4.69) is 175 Å². The molecule has 0 saturated carbocycles. The number of benzene rings is 9. The molecule has 0 amide bonds. The highest BCUT2D eigenvalue weighted by Gasteiger charge is 2.26. The fourth-order valence-corrected chi connectivity index (χ4v) is 10.1. The van der Waals surface area contributed by atoms with E-state index in [-0.39, 0.29) is 0 Å². The maximum atomic E-state index is 6.68. The molecule has 0 spiro atoms. The highest BCUT2D eigenvalue weighted by atomic mass is 32.1. The zero-order chi connectivity index (χ0) is 36.7. The van der Waals surface area contributed by atoms with Crippen LogP contribution in [0.4, 0.5) is 0 Å². The van der Waals surface area contributed by atoms with Crippen LogP contribution in [0.2, 0.25) is 0 Å². The van der Waals surface area contributed by atoms with Crippen molar-refractivity contribution in [2.24, 2.45) is 9.98 Å². The van der Waals surface area contributed by atoms with Crippen molar-refractivity contribution in [3.63, 3.8) is 0 Å². The second kappa shape index (κ2) is 12.2.